The van der Waals surface area contributed by atoms with Gasteiger partial charge in [-0.25, -0.2) is 17.5 Å². The molecule has 0 fully saturated rings. The summed E-state index contributed by atoms with van der Waals surface area (Å²) in [6.45, 7) is 7.37. The number of fused-ring (bicyclic) bond motifs is 1. The Balaban J connectivity index is 1.98. The first kappa shape index (κ1) is 17.9. The average molecular weight is 363 g/mol. The summed E-state index contributed by atoms with van der Waals surface area (Å²) < 4.78 is 47.8. The number of benzene rings is 2. The first-order chi connectivity index (χ1) is 11.6. The molecule has 1 aliphatic rings. The fraction of sp³-hybridized carbons (Fsp3) is 0.368. The van der Waals surface area contributed by atoms with E-state index < -0.39 is 27.5 Å². The molecule has 0 unspecified atom stereocenters. The van der Waals surface area contributed by atoms with E-state index in [1.165, 1.54) is 18.2 Å². The summed E-state index contributed by atoms with van der Waals surface area (Å²) in [7, 11) is -3.77. The lowest BCUT2D eigenvalue weighted by Gasteiger charge is -2.38. The Bertz CT molecular complexity index is 922. The lowest BCUT2D eigenvalue weighted by atomic mass is 9.90. The van der Waals surface area contributed by atoms with Crippen LogP contribution in [0.25, 0.3) is 0 Å². The number of sulfonamides is 1. The Hall–Kier alpha value is -1.92. The molecule has 0 aromatic heterocycles. The normalized spacial score (nSPS) is 19.2. The summed E-state index contributed by atoms with van der Waals surface area (Å²) in [5.41, 5.74) is 1.66. The predicted molar refractivity (Wildman–Crippen MR) is 94.7 cm³/mol. The number of hydrogen-bond donors (Lipinski definition) is 1. The van der Waals surface area contributed by atoms with Gasteiger partial charge in [-0.1, -0.05) is 12.1 Å². The molecule has 6 heteroatoms. The van der Waals surface area contributed by atoms with Crippen LogP contribution in [0.2, 0.25) is 0 Å². The van der Waals surface area contributed by atoms with Crippen molar-refractivity contribution in [3.05, 3.63) is 58.9 Å². The summed E-state index contributed by atoms with van der Waals surface area (Å²) in [6, 6.07) is 9.14. The van der Waals surface area contributed by atoms with Gasteiger partial charge < -0.3 is 4.74 Å². The van der Waals surface area contributed by atoms with E-state index in [4.69, 9.17) is 4.74 Å². The van der Waals surface area contributed by atoms with Gasteiger partial charge in [0.15, 0.2) is 0 Å². The molecule has 1 N–H and O–H groups in total. The van der Waals surface area contributed by atoms with Gasteiger partial charge in [-0.3, -0.25) is 0 Å². The fourth-order valence-electron chi connectivity index (χ4n) is 3.10. The van der Waals surface area contributed by atoms with Gasteiger partial charge in [-0.05, 0) is 63.1 Å². The molecular weight excluding hydrogens is 341 g/mol. The first-order valence-electron chi connectivity index (χ1n) is 8.15. The third-order valence-electron chi connectivity index (χ3n) is 4.36. The van der Waals surface area contributed by atoms with Gasteiger partial charge in [0.05, 0.1) is 10.9 Å². The second kappa shape index (κ2) is 6.11. The highest BCUT2D eigenvalue weighted by Crippen LogP contribution is 2.40. The van der Waals surface area contributed by atoms with Crippen LogP contribution in [0.5, 0.6) is 5.75 Å². The minimum atomic E-state index is -3.77. The summed E-state index contributed by atoms with van der Waals surface area (Å²) in [5, 5.41) is 0. The van der Waals surface area contributed by atoms with Crippen LogP contribution in [0.15, 0.2) is 41.3 Å². The molecule has 1 atom stereocenters. The molecule has 4 nitrogen and oxygen atoms in total. The number of aryl methyl sites for hydroxylation is 2. The van der Waals surface area contributed by atoms with E-state index in [2.05, 4.69) is 4.72 Å². The van der Waals surface area contributed by atoms with Gasteiger partial charge >= 0.3 is 0 Å². The highest BCUT2D eigenvalue weighted by molar-refractivity contribution is 7.89. The molecule has 0 spiro atoms. The summed E-state index contributed by atoms with van der Waals surface area (Å²) in [6.07, 6.45) is 0.502. The molecule has 2 aromatic rings. The van der Waals surface area contributed by atoms with Crippen molar-refractivity contribution in [1.29, 1.82) is 0 Å². The van der Waals surface area contributed by atoms with Gasteiger partial charge in [-0.15, -0.1) is 0 Å². The predicted octanol–water partition coefficient (Wildman–Crippen LogP) is 4.02. The Kier molecular flexibility index (Phi) is 4.37. The lowest BCUT2D eigenvalue weighted by Crippen LogP contribution is -2.41. The van der Waals surface area contributed by atoms with E-state index >= 15 is 0 Å². The van der Waals surface area contributed by atoms with Crippen molar-refractivity contribution < 1.29 is 17.5 Å². The summed E-state index contributed by atoms with van der Waals surface area (Å²) >= 11 is 0. The number of nitrogens with one attached hydrogen (secondary N) is 1. The van der Waals surface area contributed by atoms with Gasteiger partial charge in [-0.2, -0.15) is 0 Å². The maximum absolute atomic E-state index is 13.5. The fourth-order valence-corrected chi connectivity index (χ4v) is 4.40. The second-order valence-electron chi connectivity index (χ2n) is 7.19. The van der Waals surface area contributed by atoms with Crippen LogP contribution in [0.1, 0.15) is 43.0 Å². The molecule has 1 aliphatic heterocycles. The third-order valence-corrected chi connectivity index (χ3v) is 5.83. The number of halogens is 1. The summed E-state index contributed by atoms with van der Waals surface area (Å²) in [4.78, 5) is 0.0596. The number of ether oxygens (including phenoxy) is 1. The maximum atomic E-state index is 13.5. The van der Waals surface area contributed by atoms with Crippen LogP contribution < -0.4 is 9.46 Å². The Labute approximate surface area is 148 Å². The smallest absolute Gasteiger partial charge is 0.241 e. The third kappa shape index (κ3) is 3.70. The molecule has 25 heavy (non-hydrogen) atoms. The second-order valence-corrected chi connectivity index (χ2v) is 8.91. The van der Waals surface area contributed by atoms with Gasteiger partial charge in [0.2, 0.25) is 10.0 Å². The molecule has 0 bridgehead atoms. The highest BCUT2D eigenvalue weighted by atomic mass is 32.2. The SMILES string of the molecule is Cc1ccc2c(c1)OC(C)(C)C[C@@H]2NS(=O)(=O)c1ccc(F)c(C)c1. The molecule has 3 rings (SSSR count). The van der Waals surface area contributed by atoms with Gasteiger partial charge in [0, 0.05) is 12.0 Å². The zero-order valence-corrected chi connectivity index (χ0v) is 15.6. The minimum absolute atomic E-state index is 0.0596. The zero-order valence-electron chi connectivity index (χ0n) is 14.8. The molecule has 1 heterocycles. The quantitative estimate of drug-likeness (QED) is 0.896. The van der Waals surface area contributed by atoms with Crippen molar-refractivity contribution in [2.45, 2.75) is 50.7 Å². The topological polar surface area (TPSA) is 55.4 Å². The molecule has 0 aliphatic carbocycles. The molecular formula is C19H22FNO3S. The van der Waals surface area contributed by atoms with Crippen molar-refractivity contribution in [2.75, 3.05) is 0 Å². The zero-order chi connectivity index (χ0) is 18.4. The molecule has 0 radical (unpaired) electrons. The van der Waals surface area contributed by atoms with Crippen LogP contribution in [0, 0.1) is 19.7 Å². The van der Waals surface area contributed by atoms with Crippen LogP contribution in [0.4, 0.5) is 4.39 Å². The van der Waals surface area contributed by atoms with E-state index in [1.807, 2.05) is 39.0 Å². The molecule has 0 saturated carbocycles. The van der Waals surface area contributed by atoms with Crippen LogP contribution in [-0.4, -0.2) is 14.0 Å². The molecule has 134 valence electrons. The highest BCUT2D eigenvalue weighted by Gasteiger charge is 2.36. The molecule has 2 aromatic carbocycles. The first-order valence-corrected chi connectivity index (χ1v) is 9.64. The lowest BCUT2D eigenvalue weighted by molar-refractivity contribution is 0.0701. The monoisotopic (exact) mass is 363 g/mol. The van der Waals surface area contributed by atoms with E-state index in [0.717, 1.165) is 11.1 Å². The van der Waals surface area contributed by atoms with Gasteiger partial charge in [0.1, 0.15) is 17.2 Å². The number of hydrogen-bond acceptors (Lipinski definition) is 3. The van der Waals surface area contributed by atoms with Crippen molar-refractivity contribution in [1.82, 2.24) is 4.72 Å². The van der Waals surface area contributed by atoms with E-state index in [1.54, 1.807) is 6.92 Å². The van der Waals surface area contributed by atoms with Gasteiger partial charge in [0.25, 0.3) is 0 Å². The van der Waals surface area contributed by atoms with Crippen molar-refractivity contribution >= 4 is 10.0 Å². The molecule has 0 amide bonds. The minimum Gasteiger partial charge on any atom is -0.487 e. The summed E-state index contributed by atoms with van der Waals surface area (Å²) in [5.74, 6) is 0.270. The van der Waals surface area contributed by atoms with E-state index in [9.17, 15) is 12.8 Å². The van der Waals surface area contributed by atoms with Crippen molar-refractivity contribution in [3.63, 3.8) is 0 Å². The largest absolute Gasteiger partial charge is 0.487 e. The standard InChI is InChI=1S/C19H22FNO3S/c1-12-5-7-15-17(11-19(3,4)24-18(15)9-12)21-25(22,23)14-6-8-16(20)13(2)10-14/h5-10,17,21H,11H2,1-4H3/t17-/m0/s1. The van der Waals surface area contributed by atoms with Crippen LogP contribution >= 0.6 is 0 Å². The number of rotatable bonds is 3. The van der Waals surface area contributed by atoms with E-state index in [-0.39, 0.29) is 4.90 Å². The van der Waals surface area contributed by atoms with Crippen molar-refractivity contribution in [2.24, 2.45) is 0 Å². The Morgan fingerprint density at radius 1 is 1.16 bits per heavy atom. The van der Waals surface area contributed by atoms with Crippen LogP contribution in [-0.2, 0) is 10.0 Å². The average Bonchev–Trinajstić information content (AvgIpc) is 2.47. The Morgan fingerprint density at radius 3 is 2.56 bits per heavy atom. The van der Waals surface area contributed by atoms with E-state index in [0.29, 0.717) is 17.7 Å². The van der Waals surface area contributed by atoms with Crippen LogP contribution in [0.3, 0.4) is 0 Å². The molecule has 0 saturated heterocycles. The van der Waals surface area contributed by atoms with Crippen molar-refractivity contribution in [3.8, 4) is 5.75 Å². The Morgan fingerprint density at radius 2 is 1.88 bits per heavy atom. The maximum Gasteiger partial charge on any atom is 0.241 e.